The van der Waals surface area contributed by atoms with Crippen LogP contribution in [0.25, 0.3) is 5.69 Å². The first kappa shape index (κ1) is 21.1. The number of benzene rings is 1. The van der Waals surface area contributed by atoms with Gasteiger partial charge in [0.15, 0.2) is 0 Å². The summed E-state index contributed by atoms with van der Waals surface area (Å²) >= 11 is 6.08. The minimum atomic E-state index is -0.453. The van der Waals surface area contributed by atoms with Crippen molar-refractivity contribution in [3.05, 3.63) is 35.1 Å². The molecule has 0 bridgehead atoms. The Bertz CT molecular complexity index is 800. The molecule has 1 aliphatic rings. The normalized spacial score (nSPS) is 17.9. The Labute approximate surface area is 167 Å². The molecule has 2 heterocycles. The third-order valence-electron chi connectivity index (χ3n) is 4.59. The number of amides is 2. The molecule has 3 rings (SSSR count). The molecule has 11 heteroatoms. The van der Waals surface area contributed by atoms with Crippen LogP contribution in [0.3, 0.4) is 0 Å². The number of rotatable bonds is 6. The SMILES string of the molecule is C[C@@H](C(=O)NCc1cc(Cl)ccc1-n1cnnn1)N1CCCC1C(N)=O.Cl. The van der Waals surface area contributed by atoms with E-state index in [-0.39, 0.29) is 24.9 Å². The first-order chi connectivity index (χ1) is 12.5. The van der Waals surface area contributed by atoms with Crippen LogP contribution in [-0.4, -0.2) is 55.5 Å². The number of carbonyl (C=O) groups is 2. The number of nitrogens with one attached hydrogen (secondary N) is 1. The predicted octanol–water partition coefficient (Wildman–Crippen LogP) is 0.692. The van der Waals surface area contributed by atoms with Gasteiger partial charge in [-0.05, 0) is 60.5 Å². The first-order valence-corrected chi connectivity index (χ1v) is 8.69. The molecule has 0 aliphatic carbocycles. The summed E-state index contributed by atoms with van der Waals surface area (Å²) in [4.78, 5) is 26.0. The number of tetrazole rings is 1. The molecule has 1 unspecified atom stereocenters. The van der Waals surface area contributed by atoms with E-state index in [2.05, 4.69) is 20.8 Å². The van der Waals surface area contributed by atoms with Crippen LogP contribution in [0, 0.1) is 0 Å². The number of hydrogen-bond donors (Lipinski definition) is 2. The minimum absolute atomic E-state index is 0. The molecule has 3 N–H and O–H groups in total. The van der Waals surface area contributed by atoms with E-state index in [1.165, 1.54) is 11.0 Å². The van der Waals surface area contributed by atoms with Crippen LogP contribution in [0.5, 0.6) is 0 Å². The average Bonchev–Trinajstić information content (AvgIpc) is 3.30. The molecule has 2 amide bonds. The number of aromatic nitrogens is 4. The molecule has 2 aromatic rings. The lowest BCUT2D eigenvalue weighted by atomic mass is 10.1. The van der Waals surface area contributed by atoms with Gasteiger partial charge in [0.2, 0.25) is 11.8 Å². The van der Waals surface area contributed by atoms with E-state index in [0.717, 1.165) is 17.7 Å². The third kappa shape index (κ3) is 4.74. The average molecular weight is 414 g/mol. The van der Waals surface area contributed by atoms with Gasteiger partial charge in [-0.2, -0.15) is 0 Å². The summed E-state index contributed by atoms with van der Waals surface area (Å²) in [5.41, 5.74) is 6.93. The number of halogens is 2. The second-order valence-electron chi connectivity index (χ2n) is 6.22. The third-order valence-corrected chi connectivity index (χ3v) is 4.83. The molecule has 1 aromatic heterocycles. The van der Waals surface area contributed by atoms with Crippen LogP contribution in [0.4, 0.5) is 0 Å². The Hall–Kier alpha value is -2.23. The summed E-state index contributed by atoms with van der Waals surface area (Å²) in [7, 11) is 0. The Morgan fingerprint density at radius 2 is 2.22 bits per heavy atom. The largest absolute Gasteiger partial charge is 0.368 e. The number of nitrogens with zero attached hydrogens (tertiary/aromatic N) is 5. The summed E-state index contributed by atoms with van der Waals surface area (Å²) in [5, 5.41) is 14.6. The van der Waals surface area contributed by atoms with Crippen molar-refractivity contribution in [2.75, 3.05) is 6.54 Å². The van der Waals surface area contributed by atoms with Crippen molar-refractivity contribution in [1.82, 2.24) is 30.4 Å². The van der Waals surface area contributed by atoms with E-state index >= 15 is 0 Å². The quantitative estimate of drug-likeness (QED) is 0.718. The zero-order chi connectivity index (χ0) is 18.7. The van der Waals surface area contributed by atoms with E-state index in [4.69, 9.17) is 17.3 Å². The van der Waals surface area contributed by atoms with E-state index in [1.54, 1.807) is 25.1 Å². The molecule has 0 saturated carbocycles. The van der Waals surface area contributed by atoms with Gasteiger partial charge < -0.3 is 11.1 Å². The highest BCUT2D eigenvalue weighted by atomic mass is 35.5. The summed E-state index contributed by atoms with van der Waals surface area (Å²) in [6.45, 7) is 2.71. The monoisotopic (exact) mass is 413 g/mol. The van der Waals surface area contributed by atoms with Crippen molar-refractivity contribution >= 4 is 35.8 Å². The number of nitrogens with two attached hydrogens (primary N) is 1. The lowest BCUT2D eigenvalue weighted by Crippen LogP contribution is -2.50. The van der Waals surface area contributed by atoms with Gasteiger partial charge in [0.25, 0.3) is 0 Å². The zero-order valence-corrected chi connectivity index (χ0v) is 16.3. The Morgan fingerprint density at radius 1 is 1.44 bits per heavy atom. The number of likely N-dealkylation sites (tertiary alicyclic amines) is 1. The van der Waals surface area contributed by atoms with Crippen LogP contribution >= 0.6 is 24.0 Å². The molecule has 0 spiro atoms. The first-order valence-electron chi connectivity index (χ1n) is 8.32. The summed E-state index contributed by atoms with van der Waals surface area (Å²) < 4.78 is 1.50. The van der Waals surface area contributed by atoms with Crippen molar-refractivity contribution in [1.29, 1.82) is 0 Å². The number of hydrogen-bond acceptors (Lipinski definition) is 6. The van der Waals surface area contributed by atoms with Crippen molar-refractivity contribution in [2.24, 2.45) is 5.73 Å². The standard InChI is InChI=1S/C16H20ClN7O2.ClH/c1-10(23-6-2-3-14(23)15(18)25)16(26)19-8-11-7-12(17)4-5-13(11)24-9-20-21-22-24;/h4-5,7,9-10,14H,2-3,6,8H2,1H3,(H2,18,25)(H,19,26);1H/t10-,14?;/m0./s1. The van der Waals surface area contributed by atoms with Gasteiger partial charge in [-0.15, -0.1) is 17.5 Å². The molecule has 2 atom stereocenters. The van der Waals surface area contributed by atoms with Crippen LogP contribution in [0.15, 0.2) is 24.5 Å². The molecule has 146 valence electrons. The molecule has 1 fully saturated rings. The molecule has 9 nitrogen and oxygen atoms in total. The van der Waals surface area contributed by atoms with Crippen LogP contribution in [-0.2, 0) is 16.1 Å². The maximum absolute atomic E-state index is 12.6. The Morgan fingerprint density at radius 3 is 2.89 bits per heavy atom. The highest BCUT2D eigenvalue weighted by Gasteiger charge is 2.35. The molecule has 27 heavy (non-hydrogen) atoms. The smallest absolute Gasteiger partial charge is 0.237 e. The Kier molecular flexibility index (Phi) is 7.11. The molecule has 1 aliphatic heterocycles. The fraction of sp³-hybridized carbons (Fsp3) is 0.438. The maximum atomic E-state index is 12.6. The van der Waals surface area contributed by atoms with Crippen molar-refractivity contribution in [3.8, 4) is 5.69 Å². The molecule has 1 aromatic carbocycles. The van der Waals surface area contributed by atoms with Gasteiger partial charge in [-0.3, -0.25) is 14.5 Å². The maximum Gasteiger partial charge on any atom is 0.237 e. The minimum Gasteiger partial charge on any atom is -0.368 e. The second kappa shape index (κ2) is 9.12. The lowest BCUT2D eigenvalue weighted by molar-refractivity contribution is -0.129. The van der Waals surface area contributed by atoms with Gasteiger partial charge in [0.05, 0.1) is 17.8 Å². The van der Waals surface area contributed by atoms with Crippen molar-refractivity contribution in [2.45, 2.75) is 38.4 Å². The fourth-order valence-electron chi connectivity index (χ4n) is 3.23. The van der Waals surface area contributed by atoms with Gasteiger partial charge in [-0.1, -0.05) is 11.6 Å². The van der Waals surface area contributed by atoms with Gasteiger partial charge in [-0.25, -0.2) is 4.68 Å². The van der Waals surface area contributed by atoms with Crippen molar-refractivity contribution < 1.29 is 9.59 Å². The van der Waals surface area contributed by atoms with E-state index in [1.807, 2.05) is 4.90 Å². The van der Waals surface area contributed by atoms with E-state index in [0.29, 0.717) is 18.0 Å². The van der Waals surface area contributed by atoms with Crippen LogP contribution < -0.4 is 11.1 Å². The van der Waals surface area contributed by atoms with Gasteiger partial charge in [0, 0.05) is 11.6 Å². The lowest BCUT2D eigenvalue weighted by Gasteiger charge is -2.27. The molecular weight excluding hydrogens is 393 g/mol. The van der Waals surface area contributed by atoms with E-state index in [9.17, 15) is 9.59 Å². The topological polar surface area (TPSA) is 119 Å². The van der Waals surface area contributed by atoms with Crippen LogP contribution in [0.2, 0.25) is 5.02 Å². The molecular formula is C16H21Cl2N7O2. The zero-order valence-electron chi connectivity index (χ0n) is 14.7. The highest BCUT2D eigenvalue weighted by molar-refractivity contribution is 6.30. The Balaban J connectivity index is 0.00000261. The van der Waals surface area contributed by atoms with E-state index < -0.39 is 18.0 Å². The number of carbonyl (C=O) groups excluding carboxylic acids is 2. The second-order valence-corrected chi connectivity index (χ2v) is 6.66. The summed E-state index contributed by atoms with van der Waals surface area (Å²) in [5.74, 6) is -0.571. The number of primary amides is 1. The predicted molar refractivity (Wildman–Crippen MR) is 102 cm³/mol. The fourth-order valence-corrected chi connectivity index (χ4v) is 3.42. The molecule has 1 saturated heterocycles. The van der Waals surface area contributed by atoms with Gasteiger partial charge >= 0.3 is 0 Å². The molecule has 0 radical (unpaired) electrons. The summed E-state index contributed by atoms with van der Waals surface area (Å²) in [6, 6.07) is 4.43. The van der Waals surface area contributed by atoms with Crippen molar-refractivity contribution in [3.63, 3.8) is 0 Å². The highest BCUT2D eigenvalue weighted by Crippen LogP contribution is 2.21. The summed E-state index contributed by atoms with van der Waals surface area (Å²) in [6.07, 6.45) is 3.01. The van der Waals surface area contributed by atoms with Crippen LogP contribution in [0.1, 0.15) is 25.3 Å². The van der Waals surface area contributed by atoms with Gasteiger partial charge in [0.1, 0.15) is 6.33 Å².